The molecule has 1 N–H and O–H groups in total. The highest BCUT2D eigenvalue weighted by Gasteiger charge is 2.09. The zero-order valence-corrected chi connectivity index (χ0v) is 12.6. The van der Waals surface area contributed by atoms with Crippen molar-refractivity contribution in [2.75, 3.05) is 7.05 Å². The third-order valence-electron chi connectivity index (χ3n) is 3.64. The van der Waals surface area contributed by atoms with E-state index in [4.69, 9.17) is 0 Å². The monoisotopic (exact) mass is 266 g/mol. The molecule has 1 radical (unpaired) electrons. The van der Waals surface area contributed by atoms with Gasteiger partial charge in [0.2, 0.25) is 0 Å². The lowest BCUT2D eigenvalue weighted by Gasteiger charge is -2.17. The Morgan fingerprint density at radius 2 is 1.75 bits per heavy atom. The van der Waals surface area contributed by atoms with E-state index in [1.807, 2.05) is 7.05 Å². The minimum atomic E-state index is 0.361. The first kappa shape index (κ1) is 14.8. The summed E-state index contributed by atoms with van der Waals surface area (Å²) in [5.74, 6) is 0.575. The summed E-state index contributed by atoms with van der Waals surface area (Å²) < 4.78 is 0. The van der Waals surface area contributed by atoms with Crippen molar-refractivity contribution in [2.24, 2.45) is 0 Å². The molecule has 2 aromatic rings. The fourth-order valence-electron chi connectivity index (χ4n) is 2.37. The number of likely N-dealkylation sites (N-methyl/N-ethyl adjacent to an activating group) is 1. The van der Waals surface area contributed by atoms with Crippen LogP contribution in [0.1, 0.15) is 36.5 Å². The van der Waals surface area contributed by atoms with Gasteiger partial charge in [-0.05, 0) is 36.1 Å². The van der Waals surface area contributed by atoms with Gasteiger partial charge in [0.15, 0.2) is 0 Å². The minimum Gasteiger partial charge on any atom is -0.316 e. The fourth-order valence-corrected chi connectivity index (χ4v) is 2.37. The first-order chi connectivity index (χ1) is 9.69. The summed E-state index contributed by atoms with van der Waals surface area (Å²) in [4.78, 5) is 0. The molecule has 0 aliphatic carbocycles. The Labute approximate surface area is 123 Å². The topological polar surface area (TPSA) is 12.0 Å². The van der Waals surface area contributed by atoms with Crippen molar-refractivity contribution >= 4 is 0 Å². The smallest absolute Gasteiger partial charge is 0.0180 e. The molecule has 1 atom stereocenters. The van der Waals surface area contributed by atoms with Crippen LogP contribution in [0.15, 0.2) is 54.6 Å². The molecule has 0 amide bonds. The van der Waals surface area contributed by atoms with Gasteiger partial charge in [0.1, 0.15) is 0 Å². The number of hydrogen-bond donors (Lipinski definition) is 1. The van der Waals surface area contributed by atoms with E-state index in [0.29, 0.717) is 12.0 Å². The Balaban J connectivity index is 2.04. The van der Waals surface area contributed by atoms with Crippen molar-refractivity contribution in [3.63, 3.8) is 0 Å². The van der Waals surface area contributed by atoms with Crippen LogP contribution in [0.2, 0.25) is 0 Å². The number of rotatable bonds is 6. The van der Waals surface area contributed by atoms with Crippen LogP contribution >= 0.6 is 0 Å². The van der Waals surface area contributed by atoms with E-state index in [9.17, 15) is 0 Å². The summed E-state index contributed by atoms with van der Waals surface area (Å²) in [6.07, 6.45) is 3.34. The Bertz CT molecular complexity index is 516. The van der Waals surface area contributed by atoms with Crippen molar-refractivity contribution in [1.29, 1.82) is 0 Å². The second kappa shape index (κ2) is 7.25. The van der Waals surface area contributed by atoms with Gasteiger partial charge in [-0.15, -0.1) is 0 Å². The highest BCUT2D eigenvalue weighted by atomic mass is 14.9. The van der Waals surface area contributed by atoms with Crippen LogP contribution in [0.25, 0.3) is 0 Å². The molecular weight excluding hydrogens is 242 g/mol. The van der Waals surface area contributed by atoms with Crippen LogP contribution < -0.4 is 5.32 Å². The van der Waals surface area contributed by atoms with E-state index in [-0.39, 0.29) is 0 Å². The largest absolute Gasteiger partial charge is 0.316 e. The molecule has 0 spiro atoms. The molecule has 0 saturated carbocycles. The molecule has 0 aromatic heterocycles. The maximum atomic E-state index is 3.39. The minimum absolute atomic E-state index is 0.361. The van der Waals surface area contributed by atoms with E-state index in [1.165, 1.54) is 16.7 Å². The number of hydrogen-bond acceptors (Lipinski definition) is 1. The van der Waals surface area contributed by atoms with Crippen LogP contribution in [0.4, 0.5) is 0 Å². The molecular formula is C19H24N. The third-order valence-corrected chi connectivity index (χ3v) is 3.64. The highest BCUT2D eigenvalue weighted by molar-refractivity contribution is 5.32. The molecule has 0 fully saturated rings. The molecule has 20 heavy (non-hydrogen) atoms. The van der Waals surface area contributed by atoms with E-state index in [2.05, 4.69) is 80.2 Å². The first-order valence-corrected chi connectivity index (χ1v) is 7.35. The van der Waals surface area contributed by atoms with E-state index in [0.717, 1.165) is 6.42 Å². The van der Waals surface area contributed by atoms with Gasteiger partial charge in [-0.2, -0.15) is 0 Å². The SMILES string of the molecule is CNC([CH]c1cccc(C(C)C)c1)Cc1ccccc1. The van der Waals surface area contributed by atoms with Gasteiger partial charge >= 0.3 is 0 Å². The zero-order valence-electron chi connectivity index (χ0n) is 12.6. The summed E-state index contributed by atoms with van der Waals surface area (Å²) in [5.41, 5.74) is 4.06. The fraction of sp³-hybridized carbons (Fsp3) is 0.316. The van der Waals surface area contributed by atoms with Gasteiger partial charge in [0, 0.05) is 12.5 Å². The molecule has 0 bridgehead atoms. The average Bonchev–Trinajstić information content (AvgIpc) is 2.48. The normalized spacial score (nSPS) is 12.6. The molecule has 0 heterocycles. The maximum Gasteiger partial charge on any atom is 0.0180 e. The van der Waals surface area contributed by atoms with Crippen LogP contribution in [0.5, 0.6) is 0 Å². The van der Waals surface area contributed by atoms with E-state index >= 15 is 0 Å². The molecule has 0 saturated heterocycles. The lowest BCUT2D eigenvalue weighted by molar-refractivity contribution is 0.634. The Morgan fingerprint density at radius 1 is 1.00 bits per heavy atom. The summed E-state index contributed by atoms with van der Waals surface area (Å²) >= 11 is 0. The number of nitrogens with one attached hydrogen (secondary N) is 1. The molecule has 2 aromatic carbocycles. The molecule has 0 aliphatic heterocycles. The van der Waals surface area contributed by atoms with Crippen LogP contribution in [0.3, 0.4) is 0 Å². The van der Waals surface area contributed by atoms with Crippen molar-refractivity contribution in [3.8, 4) is 0 Å². The predicted octanol–water partition coefficient (Wildman–Crippen LogP) is 4.19. The predicted molar refractivity (Wildman–Crippen MR) is 86.9 cm³/mol. The first-order valence-electron chi connectivity index (χ1n) is 7.35. The second-order valence-corrected chi connectivity index (χ2v) is 5.58. The standard InChI is InChI=1S/C19H24N/c1-15(2)18-11-7-10-17(12-18)14-19(20-3)13-16-8-5-4-6-9-16/h4-12,14-15,19-20H,13H2,1-3H3. The van der Waals surface area contributed by atoms with Gasteiger partial charge in [-0.3, -0.25) is 0 Å². The van der Waals surface area contributed by atoms with E-state index < -0.39 is 0 Å². The van der Waals surface area contributed by atoms with Gasteiger partial charge in [0.05, 0.1) is 0 Å². The van der Waals surface area contributed by atoms with E-state index in [1.54, 1.807) is 0 Å². The van der Waals surface area contributed by atoms with Crippen LogP contribution in [-0.4, -0.2) is 13.1 Å². The van der Waals surface area contributed by atoms with Crippen molar-refractivity contribution in [2.45, 2.75) is 32.2 Å². The van der Waals surface area contributed by atoms with Gasteiger partial charge in [-0.25, -0.2) is 0 Å². The van der Waals surface area contributed by atoms with Gasteiger partial charge in [0.25, 0.3) is 0 Å². The quantitative estimate of drug-likeness (QED) is 0.826. The Hall–Kier alpha value is -1.60. The van der Waals surface area contributed by atoms with Gasteiger partial charge < -0.3 is 5.32 Å². The second-order valence-electron chi connectivity index (χ2n) is 5.58. The molecule has 105 valence electrons. The molecule has 2 rings (SSSR count). The summed E-state index contributed by atoms with van der Waals surface area (Å²) in [6.45, 7) is 4.47. The Morgan fingerprint density at radius 3 is 2.40 bits per heavy atom. The molecule has 1 heteroatoms. The van der Waals surface area contributed by atoms with Crippen molar-refractivity contribution < 1.29 is 0 Å². The molecule has 0 aliphatic rings. The molecule has 1 unspecified atom stereocenters. The lowest BCUT2D eigenvalue weighted by Crippen LogP contribution is -2.28. The van der Waals surface area contributed by atoms with Gasteiger partial charge in [-0.1, -0.05) is 68.4 Å². The summed E-state index contributed by atoms with van der Waals surface area (Å²) in [5, 5.41) is 3.39. The number of benzene rings is 2. The summed E-state index contributed by atoms with van der Waals surface area (Å²) in [6, 6.07) is 19.8. The third kappa shape index (κ3) is 4.21. The van der Waals surface area contributed by atoms with Crippen LogP contribution in [0, 0.1) is 6.42 Å². The van der Waals surface area contributed by atoms with Crippen molar-refractivity contribution in [1.82, 2.24) is 5.32 Å². The van der Waals surface area contributed by atoms with Crippen molar-refractivity contribution in [3.05, 3.63) is 77.7 Å². The maximum absolute atomic E-state index is 3.39. The Kier molecular flexibility index (Phi) is 5.37. The zero-order chi connectivity index (χ0) is 14.4. The summed E-state index contributed by atoms with van der Waals surface area (Å²) in [7, 11) is 2.02. The highest BCUT2D eigenvalue weighted by Crippen LogP contribution is 2.18. The van der Waals surface area contributed by atoms with Crippen LogP contribution in [-0.2, 0) is 6.42 Å². The average molecular weight is 266 g/mol. The molecule has 1 nitrogen and oxygen atoms in total. The lowest BCUT2D eigenvalue weighted by atomic mass is 9.95.